The highest BCUT2D eigenvalue weighted by Gasteiger charge is 1.97. The molecular weight excluding hydrogens is 185 g/mol. The fourth-order valence-electron chi connectivity index (χ4n) is 1.08. The molecule has 1 rings (SSSR count). The molecule has 0 spiro atoms. The molecule has 3 heteroatoms. The number of hydrogen-bond acceptors (Lipinski definition) is 2. The molecule has 0 aliphatic carbocycles. The lowest BCUT2D eigenvalue weighted by Crippen LogP contribution is -2.19. The van der Waals surface area contributed by atoms with Crippen molar-refractivity contribution in [1.82, 2.24) is 4.90 Å². The van der Waals surface area contributed by atoms with Crippen LogP contribution in [0.5, 0.6) is 0 Å². The maximum absolute atomic E-state index is 12.7. The van der Waals surface area contributed by atoms with Gasteiger partial charge in [-0.2, -0.15) is 12.6 Å². The number of rotatable bonds is 4. The average molecular weight is 199 g/mol. The Balaban J connectivity index is 2.45. The monoisotopic (exact) mass is 199 g/mol. The summed E-state index contributed by atoms with van der Waals surface area (Å²) in [5.41, 5.74) is 1.04. The molecule has 0 radical (unpaired) electrons. The number of hydrogen-bond donors (Lipinski definition) is 1. The molecule has 13 heavy (non-hydrogen) atoms. The third-order valence-electron chi connectivity index (χ3n) is 1.91. The summed E-state index contributed by atoms with van der Waals surface area (Å²) < 4.78 is 12.7. The van der Waals surface area contributed by atoms with Crippen molar-refractivity contribution in [3.63, 3.8) is 0 Å². The summed E-state index contributed by atoms with van der Waals surface area (Å²) >= 11 is 4.13. The Morgan fingerprint density at radius 3 is 2.85 bits per heavy atom. The second-order valence-electron chi connectivity index (χ2n) is 3.10. The smallest absolute Gasteiger partial charge is 0.123 e. The van der Waals surface area contributed by atoms with Gasteiger partial charge in [-0.05, 0) is 31.2 Å². The molecule has 0 aliphatic rings. The van der Waals surface area contributed by atoms with Gasteiger partial charge in [0.15, 0.2) is 0 Å². The van der Waals surface area contributed by atoms with E-state index in [0.717, 1.165) is 24.4 Å². The molecule has 1 nitrogen and oxygen atoms in total. The van der Waals surface area contributed by atoms with Gasteiger partial charge in [0.2, 0.25) is 0 Å². The number of halogens is 1. The highest BCUT2D eigenvalue weighted by atomic mass is 32.1. The van der Waals surface area contributed by atoms with Gasteiger partial charge in [-0.3, -0.25) is 4.90 Å². The van der Waals surface area contributed by atoms with E-state index in [9.17, 15) is 4.39 Å². The number of thiol groups is 1. The van der Waals surface area contributed by atoms with Gasteiger partial charge in [0.1, 0.15) is 5.82 Å². The molecule has 0 amide bonds. The minimum absolute atomic E-state index is 0.161. The third-order valence-corrected chi connectivity index (χ3v) is 2.40. The SMILES string of the molecule is CN(CS)CCc1cccc(F)c1. The normalized spacial score (nSPS) is 10.8. The van der Waals surface area contributed by atoms with Crippen molar-refractivity contribution >= 4 is 12.6 Å². The average Bonchev–Trinajstić information content (AvgIpc) is 2.14. The lowest BCUT2D eigenvalue weighted by molar-refractivity contribution is 0.398. The van der Waals surface area contributed by atoms with Gasteiger partial charge in [-0.25, -0.2) is 4.39 Å². The lowest BCUT2D eigenvalue weighted by Gasteiger charge is -2.12. The zero-order chi connectivity index (χ0) is 9.68. The van der Waals surface area contributed by atoms with Gasteiger partial charge in [0.05, 0.1) is 0 Å². The van der Waals surface area contributed by atoms with E-state index in [-0.39, 0.29) is 5.82 Å². The minimum Gasteiger partial charge on any atom is -0.297 e. The van der Waals surface area contributed by atoms with Crippen molar-refractivity contribution in [2.45, 2.75) is 6.42 Å². The van der Waals surface area contributed by atoms with Crippen LogP contribution in [-0.2, 0) is 6.42 Å². The molecule has 0 saturated heterocycles. The molecule has 1 aromatic rings. The summed E-state index contributed by atoms with van der Waals surface area (Å²) in [6, 6.07) is 6.72. The number of likely N-dealkylation sites (N-methyl/N-ethyl adjacent to an activating group) is 1. The summed E-state index contributed by atoms with van der Waals surface area (Å²) in [7, 11) is 1.99. The standard InChI is InChI=1S/C10H14FNS/c1-12(8-13)6-5-9-3-2-4-10(11)7-9/h2-4,7,13H,5-6,8H2,1H3. The summed E-state index contributed by atoms with van der Waals surface area (Å²) in [4.78, 5) is 2.08. The molecule has 0 aliphatic heterocycles. The van der Waals surface area contributed by atoms with Crippen LogP contribution in [0.3, 0.4) is 0 Å². The first kappa shape index (κ1) is 10.5. The zero-order valence-electron chi connectivity index (χ0n) is 7.70. The second kappa shape index (κ2) is 5.25. The van der Waals surface area contributed by atoms with Crippen LogP contribution in [0.1, 0.15) is 5.56 Å². The second-order valence-corrected chi connectivity index (χ2v) is 3.38. The fraction of sp³-hybridized carbons (Fsp3) is 0.400. The minimum atomic E-state index is -0.161. The van der Waals surface area contributed by atoms with E-state index >= 15 is 0 Å². The fourth-order valence-corrected chi connectivity index (χ4v) is 1.22. The van der Waals surface area contributed by atoms with Gasteiger partial charge in [-0.1, -0.05) is 12.1 Å². The molecule has 0 bridgehead atoms. The van der Waals surface area contributed by atoms with Gasteiger partial charge in [0.25, 0.3) is 0 Å². The quantitative estimate of drug-likeness (QED) is 0.574. The first-order valence-corrected chi connectivity index (χ1v) is 4.89. The molecule has 0 saturated carbocycles. The van der Waals surface area contributed by atoms with Gasteiger partial charge >= 0.3 is 0 Å². The Morgan fingerprint density at radius 1 is 1.46 bits per heavy atom. The van der Waals surface area contributed by atoms with E-state index in [1.54, 1.807) is 12.1 Å². The van der Waals surface area contributed by atoms with Crippen LogP contribution < -0.4 is 0 Å². The highest BCUT2D eigenvalue weighted by molar-refractivity contribution is 7.80. The van der Waals surface area contributed by atoms with E-state index in [4.69, 9.17) is 0 Å². The first-order valence-electron chi connectivity index (χ1n) is 4.26. The summed E-state index contributed by atoms with van der Waals surface area (Å²) in [5.74, 6) is 0.570. The summed E-state index contributed by atoms with van der Waals surface area (Å²) in [5, 5.41) is 0. The lowest BCUT2D eigenvalue weighted by atomic mass is 10.1. The number of nitrogens with zero attached hydrogens (tertiary/aromatic N) is 1. The van der Waals surface area contributed by atoms with E-state index in [0.29, 0.717) is 0 Å². The molecular formula is C10H14FNS. The van der Waals surface area contributed by atoms with Crippen LogP contribution in [0.2, 0.25) is 0 Å². The van der Waals surface area contributed by atoms with Gasteiger partial charge < -0.3 is 0 Å². The van der Waals surface area contributed by atoms with Gasteiger partial charge in [-0.15, -0.1) is 0 Å². The van der Waals surface area contributed by atoms with Crippen LogP contribution in [0.25, 0.3) is 0 Å². The predicted molar refractivity (Wildman–Crippen MR) is 56.6 cm³/mol. The van der Waals surface area contributed by atoms with Crippen molar-refractivity contribution in [1.29, 1.82) is 0 Å². The van der Waals surface area contributed by atoms with Crippen LogP contribution >= 0.6 is 12.6 Å². The Labute approximate surface area is 84.0 Å². The topological polar surface area (TPSA) is 3.24 Å². The van der Waals surface area contributed by atoms with Crippen molar-refractivity contribution in [3.05, 3.63) is 35.6 Å². The van der Waals surface area contributed by atoms with E-state index in [1.165, 1.54) is 6.07 Å². The Kier molecular flexibility index (Phi) is 4.25. The molecule has 0 fully saturated rings. The van der Waals surface area contributed by atoms with Crippen LogP contribution in [0.4, 0.5) is 4.39 Å². The van der Waals surface area contributed by atoms with E-state index in [1.807, 2.05) is 13.1 Å². The largest absolute Gasteiger partial charge is 0.297 e. The third kappa shape index (κ3) is 3.79. The van der Waals surface area contributed by atoms with Crippen molar-refractivity contribution in [2.24, 2.45) is 0 Å². The molecule has 1 aromatic carbocycles. The first-order chi connectivity index (χ1) is 6.22. The highest BCUT2D eigenvalue weighted by Crippen LogP contribution is 2.04. The predicted octanol–water partition coefficient (Wildman–Crippen LogP) is 2.19. The van der Waals surface area contributed by atoms with Crippen molar-refractivity contribution in [3.8, 4) is 0 Å². The van der Waals surface area contributed by atoms with Crippen molar-refractivity contribution in [2.75, 3.05) is 19.5 Å². The molecule has 72 valence electrons. The Hall–Kier alpha value is -0.540. The number of benzene rings is 1. The van der Waals surface area contributed by atoms with Crippen molar-refractivity contribution < 1.29 is 4.39 Å². The van der Waals surface area contributed by atoms with E-state index in [2.05, 4.69) is 17.5 Å². The molecule has 0 N–H and O–H groups in total. The molecule has 0 aromatic heterocycles. The van der Waals surface area contributed by atoms with E-state index < -0.39 is 0 Å². The Morgan fingerprint density at radius 2 is 2.23 bits per heavy atom. The van der Waals surface area contributed by atoms with Crippen LogP contribution in [0, 0.1) is 5.82 Å². The maximum atomic E-state index is 12.7. The summed E-state index contributed by atoms with van der Waals surface area (Å²) in [6.07, 6.45) is 0.870. The molecule has 0 atom stereocenters. The van der Waals surface area contributed by atoms with Crippen LogP contribution in [-0.4, -0.2) is 24.4 Å². The summed E-state index contributed by atoms with van der Waals surface area (Å²) in [6.45, 7) is 0.910. The van der Waals surface area contributed by atoms with Gasteiger partial charge in [0, 0.05) is 12.4 Å². The van der Waals surface area contributed by atoms with Crippen LogP contribution in [0.15, 0.2) is 24.3 Å². The maximum Gasteiger partial charge on any atom is 0.123 e. The Bertz CT molecular complexity index is 265. The molecule has 0 unspecified atom stereocenters. The zero-order valence-corrected chi connectivity index (χ0v) is 8.60. The molecule has 0 heterocycles.